The molecule has 1 aliphatic carbocycles. The van der Waals surface area contributed by atoms with Gasteiger partial charge in [-0.15, -0.1) is 11.3 Å². The third-order valence-corrected chi connectivity index (χ3v) is 6.68. The van der Waals surface area contributed by atoms with Gasteiger partial charge in [0.25, 0.3) is 5.56 Å². The van der Waals surface area contributed by atoms with Gasteiger partial charge in [-0.2, -0.15) is 0 Å². The van der Waals surface area contributed by atoms with Gasteiger partial charge < -0.3 is 9.64 Å². The summed E-state index contributed by atoms with van der Waals surface area (Å²) < 4.78 is 8.08. The van der Waals surface area contributed by atoms with Crippen LogP contribution >= 0.6 is 11.3 Å². The number of aromatic nitrogens is 3. The van der Waals surface area contributed by atoms with Gasteiger partial charge >= 0.3 is 0 Å². The molecule has 4 heterocycles. The Labute approximate surface area is 155 Å². The van der Waals surface area contributed by atoms with E-state index in [-0.39, 0.29) is 5.56 Å². The molecular weight excluding hydrogens is 348 g/mol. The van der Waals surface area contributed by atoms with Crippen molar-refractivity contribution in [2.24, 2.45) is 0 Å². The maximum absolute atomic E-state index is 13.2. The fraction of sp³-hybridized carbons (Fsp3) is 0.526. The van der Waals surface area contributed by atoms with Crippen molar-refractivity contribution in [1.29, 1.82) is 0 Å². The Balaban J connectivity index is 1.67. The average Bonchev–Trinajstić information content (AvgIpc) is 3.09. The van der Waals surface area contributed by atoms with Gasteiger partial charge in [-0.1, -0.05) is 19.3 Å². The first kappa shape index (κ1) is 16.2. The molecule has 136 valence electrons. The van der Waals surface area contributed by atoms with Gasteiger partial charge in [-0.3, -0.25) is 9.36 Å². The van der Waals surface area contributed by atoms with E-state index in [0.717, 1.165) is 65.3 Å². The maximum atomic E-state index is 13.2. The van der Waals surface area contributed by atoms with Gasteiger partial charge in [-0.25, -0.2) is 9.97 Å². The van der Waals surface area contributed by atoms with E-state index >= 15 is 0 Å². The van der Waals surface area contributed by atoms with Crippen LogP contribution in [0.1, 0.15) is 38.1 Å². The molecule has 2 aliphatic rings. The van der Waals surface area contributed by atoms with E-state index in [4.69, 9.17) is 9.72 Å². The first-order valence-corrected chi connectivity index (χ1v) is 10.3. The molecular formula is C19H22N4O2S. The zero-order valence-electron chi connectivity index (χ0n) is 14.7. The van der Waals surface area contributed by atoms with Gasteiger partial charge in [0.05, 0.1) is 36.1 Å². The van der Waals surface area contributed by atoms with Crippen molar-refractivity contribution in [3.63, 3.8) is 0 Å². The first-order chi connectivity index (χ1) is 12.8. The molecule has 5 rings (SSSR count). The predicted octanol–water partition coefficient (Wildman–Crippen LogP) is 3.35. The van der Waals surface area contributed by atoms with E-state index in [1.54, 1.807) is 6.33 Å². The van der Waals surface area contributed by atoms with Crippen LogP contribution in [0, 0.1) is 0 Å². The highest BCUT2D eigenvalue weighted by molar-refractivity contribution is 7.25. The van der Waals surface area contributed by atoms with Crippen molar-refractivity contribution in [3.05, 3.63) is 28.9 Å². The molecule has 1 saturated heterocycles. The van der Waals surface area contributed by atoms with Crippen LogP contribution < -0.4 is 10.5 Å². The minimum absolute atomic E-state index is 0.0952. The van der Waals surface area contributed by atoms with Crippen LogP contribution in [0.25, 0.3) is 20.4 Å². The Morgan fingerprint density at radius 2 is 1.92 bits per heavy atom. The van der Waals surface area contributed by atoms with E-state index in [1.807, 2.05) is 16.8 Å². The largest absolute Gasteiger partial charge is 0.378 e. The molecule has 7 heteroatoms. The minimum Gasteiger partial charge on any atom is -0.378 e. The molecule has 3 aromatic heterocycles. The average molecular weight is 370 g/mol. The lowest BCUT2D eigenvalue weighted by atomic mass is 9.95. The number of rotatable bonds is 2. The van der Waals surface area contributed by atoms with Crippen molar-refractivity contribution >= 4 is 37.5 Å². The van der Waals surface area contributed by atoms with Crippen molar-refractivity contribution in [1.82, 2.24) is 14.5 Å². The van der Waals surface area contributed by atoms with E-state index < -0.39 is 0 Å². The summed E-state index contributed by atoms with van der Waals surface area (Å²) in [5.74, 6) is 0. The Morgan fingerprint density at radius 3 is 2.73 bits per heavy atom. The summed E-state index contributed by atoms with van der Waals surface area (Å²) in [5, 5.41) is 1.02. The smallest absolute Gasteiger partial charge is 0.271 e. The lowest BCUT2D eigenvalue weighted by molar-refractivity contribution is 0.123. The topological polar surface area (TPSA) is 60.3 Å². The first-order valence-electron chi connectivity index (χ1n) is 9.44. The standard InChI is InChI=1S/C19H22N4O2S/c24-19-17-16(21-12-23(19)13-4-2-1-3-5-13)15-14(6-7-20-18(15)26-17)22-8-10-25-11-9-22/h6-7,12-13H,1-5,8-11H2. The van der Waals surface area contributed by atoms with E-state index in [0.29, 0.717) is 6.04 Å². The van der Waals surface area contributed by atoms with Crippen molar-refractivity contribution < 1.29 is 4.74 Å². The molecule has 3 aromatic rings. The number of anilines is 1. The van der Waals surface area contributed by atoms with Crippen LogP contribution in [0.5, 0.6) is 0 Å². The Morgan fingerprint density at radius 1 is 1.12 bits per heavy atom. The molecule has 0 atom stereocenters. The second-order valence-electron chi connectivity index (χ2n) is 7.14. The van der Waals surface area contributed by atoms with Crippen LogP contribution in [-0.2, 0) is 4.74 Å². The summed E-state index contributed by atoms with van der Waals surface area (Å²) in [6.07, 6.45) is 9.43. The van der Waals surface area contributed by atoms with Gasteiger partial charge in [-0.05, 0) is 18.9 Å². The van der Waals surface area contributed by atoms with Crippen LogP contribution in [0.15, 0.2) is 23.4 Å². The monoisotopic (exact) mass is 370 g/mol. The Bertz CT molecular complexity index is 1000. The number of nitrogens with zero attached hydrogens (tertiary/aromatic N) is 4. The summed E-state index contributed by atoms with van der Waals surface area (Å²) in [6, 6.07) is 2.33. The van der Waals surface area contributed by atoms with Crippen molar-refractivity contribution in [3.8, 4) is 0 Å². The number of thiophene rings is 1. The molecule has 0 aromatic carbocycles. The van der Waals surface area contributed by atoms with Gasteiger partial charge in [0.1, 0.15) is 9.53 Å². The number of ether oxygens (including phenoxy) is 1. The Kier molecular flexibility index (Phi) is 4.13. The highest BCUT2D eigenvalue weighted by atomic mass is 32.1. The van der Waals surface area contributed by atoms with Crippen molar-refractivity contribution in [2.75, 3.05) is 31.2 Å². The third-order valence-electron chi connectivity index (χ3n) is 5.60. The second kappa shape index (κ2) is 6.63. The molecule has 26 heavy (non-hydrogen) atoms. The third kappa shape index (κ3) is 2.61. The number of pyridine rings is 1. The summed E-state index contributed by atoms with van der Waals surface area (Å²) in [4.78, 5) is 25.6. The van der Waals surface area contributed by atoms with Gasteiger partial charge in [0, 0.05) is 25.3 Å². The number of fused-ring (bicyclic) bond motifs is 3. The van der Waals surface area contributed by atoms with Crippen LogP contribution in [0.2, 0.25) is 0 Å². The summed E-state index contributed by atoms with van der Waals surface area (Å²) in [7, 11) is 0. The normalized spacial score (nSPS) is 19.5. The second-order valence-corrected chi connectivity index (χ2v) is 8.14. The molecule has 6 nitrogen and oxygen atoms in total. The minimum atomic E-state index is 0.0952. The lowest BCUT2D eigenvalue weighted by Gasteiger charge is -2.29. The fourth-order valence-corrected chi connectivity index (χ4v) is 5.29. The molecule has 0 unspecified atom stereocenters. The molecule has 2 fully saturated rings. The molecule has 1 aliphatic heterocycles. The van der Waals surface area contributed by atoms with Crippen LogP contribution in [0.4, 0.5) is 5.69 Å². The summed E-state index contributed by atoms with van der Waals surface area (Å²) in [6.45, 7) is 3.17. The SMILES string of the molecule is O=c1c2sc3nccc(N4CCOCC4)c3c2ncn1C1CCCCC1. The lowest BCUT2D eigenvalue weighted by Crippen LogP contribution is -2.36. The Hall–Kier alpha value is -1.99. The number of hydrogen-bond donors (Lipinski definition) is 0. The fourth-order valence-electron chi connectivity index (χ4n) is 4.24. The molecule has 0 radical (unpaired) electrons. The van der Waals surface area contributed by atoms with Crippen molar-refractivity contribution in [2.45, 2.75) is 38.1 Å². The maximum Gasteiger partial charge on any atom is 0.271 e. The highest BCUT2D eigenvalue weighted by Crippen LogP contribution is 2.36. The predicted molar refractivity (Wildman–Crippen MR) is 104 cm³/mol. The summed E-state index contributed by atoms with van der Waals surface area (Å²) >= 11 is 1.48. The molecule has 0 spiro atoms. The quantitative estimate of drug-likeness (QED) is 0.692. The van der Waals surface area contributed by atoms with E-state index in [1.165, 1.54) is 30.6 Å². The van der Waals surface area contributed by atoms with E-state index in [9.17, 15) is 4.79 Å². The molecule has 0 amide bonds. The van der Waals surface area contributed by atoms with Crippen LogP contribution in [-0.4, -0.2) is 40.8 Å². The number of morpholine rings is 1. The number of hydrogen-bond acceptors (Lipinski definition) is 6. The highest BCUT2D eigenvalue weighted by Gasteiger charge is 2.22. The molecule has 0 bridgehead atoms. The van der Waals surface area contributed by atoms with Gasteiger partial charge in [0.2, 0.25) is 0 Å². The van der Waals surface area contributed by atoms with E-state index in [2.05, 4.69) is 9.88 Å². The van der Waals surface area contributed by atoms with Crippen LogP contribution in [0.3, 0.4) is 0 Å². The zero-order chi connectivity index (χ0) is 17.5. The molecule has 1 saturated carbocycles. The molecule has 0 N–H and O–H groups in total. The zero-order valence-corrected chi connectivity index (χ0v) is 15.5. The summed E-state index contributed by atoms with van der Waals surface area (Å²) in [5.41, 5.74) is 2.02. The van der Waals surface area contributed by atoms with Gasteiger partial charge in [0.15, 0.2) is 0 Å².